The zero-order valence-corrected chi connectivity index (χ0v) is 47.4. The number of aliphatic hydroxyl groups excluding tert-OH is 5. The van der Waals surface area contributed by atoms with E-state index in [4.69, 9.17) is 28.7 Å². The van der Waals surface area contributed by atoms with Crippen LogP contribution in [0.25, 0.3) is 10.9 Å². The molecule has 14 atom stereocenters. The molecule has 0 spiro atoms. The monoisotopic (exact) mass is 1210 g/mol. The third-order valence-corrected chi connectivity index (χ3v) is 12.7. The van der Waals surface area contributed by atoms with Crippen molar-refractivity contribution in [2.24, 2.45) is 38.7 Å². The number of H-pyrrole nitrogens is 1. The van der Waals surface area contributed by atoms with E-state index in [9.17, 15) is 88.5 Å². The number of aromatic amines is 1. The summed E-state index contributed by atoms with van der Waals surface area (Å²) < 4.78 is 0. The number of aliphatic carboxylic acids is 2. The van der Waals surface area contributed by atoms with Gasteiger partial charge in [-0.25, -0.2) is 4.79 Å². The van der Waals surface area contributed by atoms with Crippen LogP contribution in [0.5, 0.6) is 0 Å². The summed E-state index contributed by atoms with van der Waals surface area (Å²) in [5.74, 6) is -13.8. The maximum Gasteiger partial charge on any atom is 0.326 e. The van der Waals surface area contributed by atoms with E-state index < -0.39 is 169 Å². The van der Waals surface area contributed by atoms with Gasteiger partial charge in [-0.3, -0.25) is 57.9 Å². The second-order valence-electron chi connectivity index (χ2n) is 19.9. The van der Waals surface area contributed by atoms with Crippen molar-refractivity contribution in [1.29, 1.82) is 0 Å². The van der Waals surface area contributed by atoms with Crippen molar-refractivity contribution in [2.45, 2.75) is 164 Å². The van der Waals surface area contributed by atoms with Crippen LogP contribution in [0, 0.1) is 0 Å². The molecule has 0 fully saturated rings. The van der Waals surface area contributed by atoms with Crippen LogP contribution in [0.1, 0.15) is 78.7 Å². The lowest BCUT2D eigenvalue weighted by atomic mass is 10.0. The summed E-state index contributed by atoms with van der Waals surface area (Å²) in [7, 11) is 0. The van der Waals surface area contributed by atoms with Crippen LogP contribution < -0.4 is 76.5 Å². The first-order chi connectivity index (χ1) is 39.8. The van der Waals surface area contributed by atoms with E-state index in [2.05, 4.69) is 62.8 Å². The maximum atomic E-state index is 14.4. The Hall–Kier alpha value is -8.77. The number of aliphatic hydroxyl groups is 5. The Kier molecular flexibility index (Phi) is 30.1. The van der Waals surface area contributed by atoms with Crippen LogP contribution >= 0.6 is 0 Å². The molecule has 0 saturated heterocycles. The number of carboxylic acid groups (broad SMARTS) is 2. The molecular weight excluding hydrogens is 1130 g/mol. The number of nitrogens with zero attached hydrogens (tertiary/aromatic N) is 2. The van der Waals surface area contributed by atoms with Gasteiger partial charge in [-0.1, -0.05) is 18.2 Å². The Morgan fingerprint density at radius 1 is 0.506 bits per heavy atom. The number of carboxylic acids is 2. The summed E-state index contributed by atoms with van der Waals surface area (Å²) in [6.45, 7) is 4.36. The molecule has 2 rings (SSSR count). The van der Waals surface area contributed by atoms with Gasteiger partial charge in [-0.15, -0.1) is 0 Å². The number of guanidine groups is 2. The van der Waals surface area contributed by atoms with E-state index in [-0.39, 0.29) is 57.1 Å². The van der Waals surface area contributed by atoms with Gasteiger partial charge in [0.25, 0.3) is 0 Å². The van der Waals surface area contributed by atoms with Gasteiger partial charge in [-0.2, -0.15) is 0 Å². The van der Waals surface area contributed by atoms with E-state index in [1.165, 1.54) is 6.92 Å². The lowest BCUT2D eigenvalue weighted by Gasteiger charge is -2.28. The highest BCUT2D eigenvalue weighted by Crippen LogP contribution is 2.20. The first-order valence-electron chi connectivity index (χ1n) is 26.7. The van der Waals surface area contributed by atoms with Gasteiger partial charge < -0.3 is 117 Å². The number of carbonyl (C=O) groups is 11. The first kappa shape index (κ1) is 72.3. The quantitative estimate of drug-likeness (QED) is 0.0170. The predicted molar refractivity (Wildman–Crippen MR) is 301 cm³/mol. The van der Waals surface area contributed by atoms with Crippen LogP contribution in [-0.4, -0.2) is 222 Å². The fraction of sp³-hybridized carbons (Fsp3) is 0.580. The SMILES string of the molecule is C[C@H](NC(=O)[C@@H](NC(=O)[C@H](CCC(=O)O)NC(=O)[C@H](CO)NC(=O)[C@@H](NC(=O)[C@@H](N)[C@@H](C)O)[C@@H](C)O)[C@@H](C)O)C(=O)N[C@H](C(=O)N[C@@H](Cc1c[nH]c2ccccc12)C(=O)N[C@@H](CCCN=C(N)N)C(=O)N[C@@H](CCCN=C(N)N)C(=O)O)[C@@H](C)O. The number of nitrogens with one attached hydrogen (secondary N) is 10. The number of amides is 9. The molecule has 35 heteroatoms. The van der Waals surface area contributed by atoms with E-state index in [1.54, 1.807) is 30.5 Å². The Morgan fingerprint density at radius 3 is 1.40 bits per heavy atom. The van der Waals surface area contributed by atoms with E-state index in [0.717, 1.165) is 27.7 Å². The average molecular weight is 1210 g/mol. The molecule has 0 unspecified atom stereocenters. The molecule has 9 amide bonds. The van der Waals surface area contributed by atoms with E-state index in [1.807, 2.05) is 0 Å². The molecule has 474 valence electrons. The summed E-state index contributed by atoms with van der Waals surface area (Å²) in [5.41, 5.74) is 28.3. The number of benzene rings is 1. The summed E-state index contributed by atoms with van der Waals surface area (Å²) in [4.78, 5) is 157. The number of nitrogens with two attached hydrogens (primary N) is 5. The minimum atomic E-state index is -1.97. The largest absolute Gasteiger partial charge is 0.481 e. The molecule has 0 aliphatic rings. The lowest BCUT2D eigenvalue weighted by Crippen LogP contribution is -2.63. The van der Waals surface area contributed by atoms with Gasteiger partial charge >= 0.3 is 11.9 Å². The van der Waals surface area contributed by atoms with Crippen molar-refractivity contribution >= 4 is 87.9 Å². The third-order valence-electron chi connectivity index (χ3n) is 12.7. The first-order valence-corrected chi connectivity index (χ1v) is 26.7. The van der Waals surface area contributed by atoms with Gasteiger partial charge in [-0.05, 0) is 78.4 Å². The van der Waals surface area contributed by atoms with Gasteiger partial charge in [0.1, 0.15) is 60.4 Å². The van der Waals surface area contributed by atoms with Crippen LogP contribution in [0.3, 0.4) is 0 Å². The van der Waals surface area contributed by atoms with Crippen molar-refractivity contribution in [2.75, 3.05) is 19.7 Å². The number of aliphatic imine (C=N–C) groups is 2. The fourth-order valence-corrected chi connectivity index (χ4v) is 7.92. The van der Waals surface area contributed by atoms with Crippen LogP contribution in [-0.2, 0) is 59.2 Å². The molecule has 0 radical (unpaired) electrons. The summed E-state index contributed by atoms with van der Waals surface area (Å²) in [5, 5.41) is 91.7. The Labute approximate surface area is 486 Å². The van der Waals surface area contributed by atoms with E-state index in [0.29, 0.717) is 16.5 Å². The normalized spacial score (nSPS) is 16.1. The van der Waals surface area contributed by atoms with Crippen molar-refractivity contribution in [1.82, 2.24) is 52.8 Å². The van der Waals surface area contributed by atoms with Gasteiger partial charge in [0.15, 0.2) is 11.9 Å². The van der Waals surface area contributed by atoms with Gasteiger partial charge in [0.2, 0.25) is 53.2 Å². The fourth-order valence-electron chi connectivity index (χ4n) is 7.92. The summed E-state index contributed by atoms with van der Waals surface area (Å²) in [6, 6.07) is -10.3. The van der Waals surface area contributed by atoms with Gasteiger partial charge in [0.05, 0.1) is 31.0 Å². The zero-order chi connectivity index (χ0) is 64.4. The highest BCUT2D eigenvalue weighted by molar-refractivity contribution is 5.99. The number of fused-ring (bicyclic) bond motifs is 1. The molecule has 27 N–H and O–H groups in total. The smallest absolute Gasteiger partial charge is 0.326 e. The topological polar surface area (TPSA) is 608 Å². The minimum Gasteiger partial charge on any atom is -0.481 e. The highest BCUT2D eigenvalue weighted by atomic mass is 16.4. The Morgan fingerprint density at radius 2 is 0.918 bits per heavy atom. The molecule has 1 heterocycles. The number of carbonyl (C=O) groups excluding carboxylic acids is 9. The molecule has 1 aromatic heterocycles. The predicted octanol–water partition coefficient (Wildman–Crippen LogP) is -9.01. The molecule has 2 aromatic rings. The number of rotatable bonds is 37. The maximum absolute atomic E-state index is 14.4. The Bertz CT molecular complexity index is 2690. The highest BCUT2D eigenvalue weighted by Gasteiger charge is 2.38. The summed E-state index contributed by atoms with van der Waals surface area (Å²) >= 11 is 0. The Balaban J connectivity index is 2.39. The van der Waals surface area contributed by atoms with Gasteiger partial charge in [0, 0.05) is 43.0 Å². The lowest BCUT2D eigenvalue weighted by molar-refractivity contribution is -0.142. The molecule has 0 aliphatic heterocycles. The van der Waals surface area contributed by atoms with E-state index >= 15 is 0 Å². The molecule has 0 aliphatic carbocycles. The molecule has 1 aromatic carbocycles. The van der Waals surface area contributed by atoms with Crippen LogP contribution in [0.15, 0.2) is 40.4 Å². The molecule has 35 nitrogen and oxygen atoms in total. The molecule has 0 bridgehead atoms. The molecule has 0 saturated carbocycles. The minimum absolute atomic E-state index is 0.0178. The number of para-hydroxylation sites is 1. The second kappa shape index (κ2) is 35.4. The number of hydrogen-bond donors (Lipinski definition) is 22. The third kappa shape index (κ3) is 24.5. The zero-order valence-electron chi connectivity index (χ0n) is 47.4. The second-order valence-corrected chi connectivity index (χ2v) is 19.9. The standard InChI is InChI=1S/C50H81N17O18/c1-21(59-45(81)36(23(3)70)66-41(77)30(14-15-34(73)74)61-43(79)33(20-68)64-47(83)38(25(5)72)67-44(80)35(51)22(2)69)39(75)65-37(24(4)71)46(82)63-32(18-26-19-58-28-11-7-6-10-27(26)28)42(78)60-29(12-8-16-56-49(52)53)40(76)62-31(48(84)85)13-9-17-57-50(54)55/h6-7,10-11,19,21-25,29-33,35-38,58,68-72H,8-9,12-18,20,51H2,1-5H3,(H,59,81)(H,60,78)(H,61,79)(H,62,76)(H,63,82)(H,64,83)(H,65,75)(H,66,77)(H,67,80)(H,73,74)(H,84,85)(H4,52,53,56)(H4,54,55,57)/t21-,22+,23+,24+,25+,29-,30-,31-,32-,33-,35-,36-,37-,38-/m0/s1. The van der Waals surface area contributed by atoms with Crippen molar-refractivity contribution in [3.63, 3.8) is 0 Å². The van der Waals surface area contributed by atoms with Crippen molar-refractivity contribution in [3.8, 4) is 0 Å². The number of aromatic nitrogens is 1. The summed E-state index contributed by atoms with van der Waals surface area (Å²) in [6.07, 6.45) is -6.79. The molecular formula is C50H81N17O18. The van der Waals surface area contributed by atoms with Crippen LogP contribution in [0.2, 0.25) is 0 Å². The van der Waals surface area contributed by atoms with Crippen molar-refractivity contribution in [3.05, 3.63) is 36.0 Å². The van der Waals surface area contributed by atoms with Crippen LogP contribution in [0.4, 0.5) is 0 Å². The van der Waals surface area contributed by atoms with Crippen molar-refractivity contribution < 1.29 is 88.5 Å². The number of hydrogen-bond acceptors (Lipinski definition) is 19. The average Bonchev–Trinajstić information content (AvgIpc) is 4.12. The molecule has 85 heavy (non-hydrogen) atoms.